The molecule has 4 nitrogen and oxygen atoms in total. The molecule has 0 bridgehead atoms. The van der Waals surface area contributed by atoms with Crippen molar-refractivity contribution in [3.8, 4) is 6.07 Å². The number of thiocarbonyl (C=S) groups is 1. The smallest absolute Gasteiger partial charge is 0.269 e. The van der Waals surface area contributed by atoms with E-state index in [4.69, 9.17) is 23.2 Å². The Morgan fingerprint density at radius 1 is 1.62 bits per heavy atom. The number of rotatable bonds is 3. The molecule has 0 aromatic carbocycles. The first-order valence-electron chi connectivity index (χ1n) is 4.89. The molecule has 0 spiro atoms. The molecular formula is C11H13N3OS. The Kier molecular flexibility index (Phi) is 3.80. The first-order valence-corrected chi connectivity index (χ1v) is 5.30. The number of nitrogens with zero attached hydrogens (tertiary/aromatic N) is 2. The number of hydrogen-bond donors (Lipinski definition) is 1. The zero-order valence-electron chi connectivity index (χ0n) is 9.23. The normalized spacial score (nSPS) is 10.1. The highest BCUT2D eigenvalue weighted by molar-refractivity contribution is 7.80. The van der Waals surface area contributed by atoms with Gasteiger partial charge in [0.25, 0.3) is 5.56 Å². The first-order chi connectivity index (χ1) is 7.47. The largest absolute Gasteiger partial charge is 0.392 e. The van der Waals surface area contributed by atoms with Gasteiger partial charge in [-0.15, -0.1) is 0 Å². The van der Waals surface area contributed by atoms with Crippen molar-refractivity contribution in [2.45, 2.75) is 26.3 Å². The minimum atomic E-state index is -0.332. The Hall–Kier alpha value is -1.67. The second-order valence-corrected chi connectivity index (χ2v) is 4.32. The maximum atomic E-state index is 11.9. The summed E-state index contributed by atoms with van der Waals surface area (Å²) >= 11 is 4.80. The van der Waals surface area contributed by atoms with Crippen LogP contribution in [0.3, 0.4) is 0 Å². The molecule has 0 saturated heterocycles. The van der Waals surface area contributed by atoms with Gasteiger partial charge in [0.15, 0.2) is 0 Å². The summed E-state index contributed by atoms with van der Waals surface area (Å²) in [6.07, 6.45) is 0. The summed E-state index contributed by atoms with van der Waals surface area (Å²) in [6, 6.07) is 5.16. The minimum Gasteiger partial charge on any atom is -0.392 e. The molecule has 0 aliphatic heterocycles. The average Bonchev–Trinajstić information content (AvgIpc) is 2.19. The maximum absolute atomic E-state index is 11.9. The second kappa shape index (κ2) is 4.90. The van der Waals surface area contributed by atoms with Crippen LogP contribution in [0.15, 0.2) is 16.9 Å². The van der Waals surface area contributed by atoms with E-state index in [1.165, 1.54) is 10.6 Å². The standard InChI is InChI=1S/C11H13N3OS/c1-7(2)9-4-3-8(5-12)11(15)14(9)6-10(13)16/h3-4,7H,6H2,1-2H3,(H2,13,16). The van der Waals surface area contributed by atoms with E-state index in [-0.39, 0.29) is 28.6 Å². The molecule has 1 aromatic rings. The van der Waals surface area contributed by atoms with Crippen LogP contribution in [-0.2, 0) is 6.54 Å². The second-order valence-electron chi connectivity index (χ2n) is 3.80. The zero-order chi connectivity index (χ0) is 12.3. The van der Waals surface area contributed by atoms with Crippen molar-refractivity contribution in [2.24, 2.45) is 5.73 Å². The fourth-order valence-corrected chi connectivity index (χ4v) is 1.63. The molecule has 2 N–H and O–H groups in total. The number of nitrogens with two attached hydrogens (primary N) is 1. The van der Waals surface area contributed by atoms with Crippen LogP contribution in [0.1, 0.15) is 31.0 Å². The fraction of sp³-hybridized carbons (Fsp3) is 0.364. The van der Waals surface area contributed by atoms with Gasteiger partial charge < -0.3 is 10.3 Å². The molecule has 0 unspecified atom stereocenters. The van der Waals surface area contributed by atoms with Crippen LogP contribution in [0, 0.1) is 11.3 Å². The third-order valence-corrected chi connectivity index (χ3v) is 2.36. The molecule has 1 rings (SSSR count). The van der Waals surface area contributed by atoms with Gasteiger partial charge in [-0.25, -0.2) is 0 Å². The Morgan fingerprint density at radius 2 is 2.25 bits per heavy atom. The number of hydrogen-bond acceptors (Lipinski definition) is 3. The molecule has 16 heavy (non-hydrogen) atoms. The molecule has 0 aliphatic carbocycles. The number of aromatic nitrogens is 1. The van der Waals surface area contributed by atoms with Gasteiger partial charge in [-0.05, 0) is 18.1 Å². The van der Waals surface area contributed by atoms with Gasteiger partial charge in [-0.2, -0.15) is 5.26 Å². The van der Waals surface area contributed by atoms with Gasteiger partial charge in [0.05, 0.1) is 11.5 Å². The number of nitriles is 1. The predicted molar refractivity (Wildman–Crippen MR) is 66.3 cm³/mol. The van der Waals surface area contributed by atoms with E-state index in [0.29, 0.717) is 0 Å². The summed E-state index contributed by atoms with van der Waals surface area (Å²) in [5, 5.41) is 8.78. The van der Waals surface area contributed by atoms with Crippen molar-refractivity contribution in [1.29, 1.82) is 5.26 Å². The summed E-state index contributed by atoms with van der Waals surface area (Å²) in [4.78, 5) is 12.1. The van der Waals surface area contributed by atoms with E-state index < -0.39 is 0 Å². The highest BCUT2D eigenvalue weighted by Gasteiger charge is 2.11. The van der Waals surface area contributed by atoms with E-state index in [9.17, 15) is 4.79 Å². The van der Waals surface area contributed by atoms with E-state index >= 15 is 0 Å². The minimum absolute atomic E-state index is 0.112. The van der Waals surface area contributed by atoms with E-state index in [0.717, 1.165) is 5.69 Å². The lowest BCUT2D eigenvalue weighted by molar-refractivity contribution is 0.681. The molecule has 1 heterocycles. The van der Waals surface area contributed by atoms with Crippen molar-refractivity contribution < 1.29 is 0 Å². The topological polar surface area (TPSA) is 71.8 Å². The Morgan fingerprint density at radius 3 is 2.69 bits per heavy atom. The summed E-state index contributed by atoms with van der Waals surface area (Å²) in [5.74, 6) is 0.176. The highest BCUT2D eigenvalue weighted by atomic mass is 32.1. The maximum Gasteiger partial charge on any atom is 0.269 e. The van der Waals surface area contributed by atoms with Gasteiger partial charge in [-0.3, -0.25) is 4.79 Å². The summed E-state index contributed by atoms with van der Waals surface area (Å²) in [6.45, 7) is 4.12. The Balaban J connectivity index is 3.44. The highest BCUT2D eigenvalue weighted by Crippen LogP contribution is 2.12. The quantitative estimate of drug-likeness (QED) is 0.797. The third-order valence-electron chi connectivity index (χ3n) is 2.23. The molecule has 0 fully saturated rings. The lowest BCUT2D eigenvalue weighted by atomic mass is 10.1. The van der Waals surface area contributed by atoms with Crippen molar-refractivity contribution >= 4 is 17.2 Å². The van der Waals surface area contributed by atoms with Crippen LogP contribution >= 0.6 is 12.2 Å². The first kappa shape index (κ1) is 12.4. The lowest BCUT2D eigenvalue weighted by Crippen LogP contribution is -2.31. The van der Waals surface area contributed by atoms with Crippen molar-refractivity contribution in [2.75, 3.05) is 0 Å². The molecule has 0 atom stereocenters. The molecular weight excluding hydrogens is 222 g/mol. The number of pyridine rings is 1. The lowest BCUT2D eigenvalue weighted by Gasteiger charge is -2.14. The molecule has 0 saturated carbocycles. The molecule has 0 aliphatic rings. The molecule has 84 valence electrons. The summed E-state index contributed by atoms with van der Waals surface area (Å²) in [7, 11) is 0. The van der Waals surface area contributed by atoms with Crippen LogP contribution in [0.25, 0.3) is 0 Å². The third kappa shape index (κ3) is 2.47. The molecule has 0 amide bonds. The van der Waals surface area contributed by atoms with Gasteiger partial charge >= 0.3 is 0 Å². The van der Waals surface area contributed by atoms with Gasteiger partial charge in [0, 0.05) is 5.69 Å². The van der Waals surface area contributed by atoms with E-state index in [1.807, 2.05) is 19.9 Å². The van der Waals surface area contributed by atoms with Crippen LogP contribution in [0.4, 0.5) is 0 Å². The molecule has 5 heteroatoms. The molecule has 1 aromatic heterocycles. The van der Waals surface area contributed by atoms with Crippen molar-refractivity contribution in [3.05, 3.63) is 33.7 Å². The molecule has 0 radical (unpaired) electrons. The van der Waals surface area contributed by atoms with Gasteiger partial charge in [0.2, 0.25) is 0 Å². The Bertz CT molecular complexity index is 511. The monoisotopic (exact) mass is 235 g/mol. The van der Waals surface area contributed by atoms with Crippen molar-refractivity contribution in [3.63, 3.8) is 0 Å². The van der Waals surface area contributed by atoms with E-state index in [1.54, 1.807) is 6.07 Å². The van der Waals surface area contributed by atoms with Gasteiger partial charge in [-0.1, -0.05) is 26.1 Å². The van der Waals surface area contributed by atoms with E-state index in [2.05, 4.69) is 0 Å². The van der Waals surface area contributed by atoms with Gasteiger partial charge in [0.1, 0.15) is 11.6 Å². The zero-order valence-corrected chi connectivity index (χ0v) is 10.0. The summed E-state index contributed by atoms with van der Waals surface area (Å²) in [5.41, 5.74) is 6.05. The van der Waals surface area contributed by atoms with Crippen LogP contribution < -0.4 is 11.3 Å². The van der Waals surface area contributed by atoms with Crippen LogP contribution in [0.5, 0.6) is 0 Å². The fourth-order valence-electron chi connectivity index (χ4n) is 1.50. The summed E-state index contributed by atoms with van der Waals surface area (Å²) < 4.78 is 1.46. The predicted octanol–water partition coefficient (Wildman–Crippen LogP) is 1.13. The average molecular weight is 235 g/mol. The van der Waals surface area contributed by atoms with Crippen LogP contribution in [0.2, 0.25) is 0 Å². The van der Waals surface area contributed by atoms with Crippen LogP contribution in [-0.4, -0.2) is 9.56 Å². The Labute approximate surface area is 99.3 Å². The van der Waals surface area contributed by atoms with Crippen molar-refractivity contribution in [1.82, 2.24) is 4.57 Å². The SMILES string of the molecule is CC(C)c1ccc(C#N)c(=O)n1CC(N)=S.